The van der Waals surface area contributed by atoms with Gasteiger partial charge in [-0.3, -0.25) is 9.48 Å². The molecule has 2 unspecified atom stereocenters. The van der Waals surface area contributed by atoms with Crippen LogP contribution in [0.3, 0.4) is 0 Å². The van der Waals surface area contributed by atoms with Crippen LogP contribution in [0.4, 0.5) is 5.69 Å². The van der Waals surface area contributed by atoms with E-state index >= 15 is 0 Å². The monoisotopic (exact) mass is 333 g/mol. The predicted molar refractivity (Wildman–Crippen MR) is 101 cm³/mol. The Hall–Kier alpha value is -2.62. The first kappa shape index (κ1) is 15.9. The highest BCUT2D eigenvalue weighted by atomic mass is 16.2. The molecule has 3 aromatic rings. The molecule has 2 aromatic carbocycles. The van der Waals surface area contributed by atoms with Gasteiger partial charge in [0.25, 0.3) is 0 Å². The first-order chi connectivity index (χ1) is 12.2. The third-order valence-electron chi connectivity index (χ3n) is 5.03. The van der Waals surface area contributed by atoms with Crippen molar-refractivity contribution >= 4 is 22.4 Å². The van der Waals surface area contributed by atoms with E-state index in [1.54, 1.807) is 0 Å². The van der Waals surface area contributed by atoms with E-state index in [0.29, 0.717) is 5.92 Å². The van der Waals surface area contributed by atoms with Crippen LogP contribution in [0.1, 0.15) is 31.2 Å². The van der Waals surface area contributed by atoms with E-state index in [1.165, 1.54) is 10.9 Å². The molecule has 0 aliphatic heterocycles. The minimum absolute atomic E-state index is 0.0784. The van der Waals surface area contributed by atoms with Crippen molar-refractivity contribution < 1.29 is 4.79 Å². The van der Waals surface area contributed by atoms with Gasteiger partial charge in [-0.1, -0.05) is 43.3 Å². The van der Waals surface area contributed by atoms with Gasteiger partial charge in [-0.15, -0.1) is 0 Å². The average molecular weight is 333 g/mol. The largest absolute Gasteiger partial charge is 0.312 e. The summed E-state index contributed by atoms with van der Waals surface area (Å²) in [6, 6.07) is 14.5. The molecule has 4 rings (SSSR count). The summed E-state index contributed by atoms with van der Waals surface area (Å²) in [5.41, 5.74) is 2.21. The van der Waals surface area contributed by atoms with Crippen molar-refractivity contribution in [1.82, 2.24) is 9.78 Å². The zero-order valence-corrected chi connectivity index (χ0v) is 14.7. The second kappa shape index (κ2) is 6.36. The van der Waals surface area contributed by atoms with Crippen LogP contribution in [0.5, 0.6) is 0 Å². The molecule has 4 nitrogen and oxygen atoms in total. The van der Waals surface area contributed by atoms with Crippen molar-refractivity contribution in [2.24, 2.45) is 13.0 Å². The molecule has 4 heteroatoms. The van der Waals surface area contributed by atoms with Crippen LogP contribution >= 0.6 is 0 Å². The third-order valence-corrected chi connectivity index (χ3v) is 5.03. The summed E-state index contributed by atoms with van der Waals surface area (Å²) in [6.07, 6.45) is 5.79. The van der Waals surface area contributed by atoms with Crippen LogP contribution in [0.25, 0.3) is 10.8 Å². The number of carbonyl (C=O) groups is 1. The van der Waals surface area contributed by atoms with E-state index in [-0.39, 0.29) is 11.8 Å². The molecule has 0 bridgehead atoms. The molecule has 1 saturated carbocycles. The van der Waals surface area contributed by atoms with Crippen LogP contribution in [0.2, 0.25) is 0 Å². The van der Waals surface area contributed by atoms with Crippen molar-refractivity contribution in [3.05, 3.63) is 60.4 Å². The van der Waals surface area contributed by atoms with Crippen LogP contribution < -0.4 is 4.90 Å². The van der Waals surface area contributed by atoms with Gasteiger partial charge in [-0.2, -0.15) is 5.10 Å². The molecule has 1 heterocycles. The van der Waals surface area contributed by atoms with Crippen molar-refractivity contribution in [3.8, 4) is 0 Å². The van der Waals surface area contributed by atoms with Crippen LogP contribution in [-0.4, -0.2) is 22.2 Å². The van der Waals surface area contributed by atoms with E-state index in [4.69, 9.17) is 0 Å². The van der Waals surface area contributed by atoms with Crippen molar-refractivity contribution in [1.29, 1.82) is 0 Å². The molecule has 1 aromatic heterocycles. The van der Waals surface area contributed by atoms with Crippen LogP contribution in [-0.2, 0) is 11.8 Å². The predicted octanol–water partition coefficient (Wildman–Crippen LogP) is 4.12. The molecule has 0 spiro atoms. The molecule has 25 heavy (non-hydrogen) atoms. The zero-order valence-electron chi connectivity index (χ0n) is 14.7. The van der Waals surface area contributed by atoms with Gasteiger partial charge in [0.15, 0.2) is 0 Å². The lowest BCUT2D eigenvalue weighted by molar-refractivity contribution is -0.119. The fraction of sp³-hybridized carbons (Fsp3) is 0.333. The average Bonchev–Trinajstić information content (AvgIpc) is 3.32. The van der Waals surface area contributed by atoms with Crippen molar-refractivity contribution in [2.75, 3.05) is 11.4 Å². The van der Waals surface area contributed by atoms with Gasteiger partial charge in [-0.05, 0) is 35.8 Å². The highest BCUT2D eigenvalue weighted by molar-refractivity contribution is 6.05. The van der Waals surface area contributed by atoms with Crippen LogP contribution in [0, 0.1) is 5.92 Å². The maximum atomic E-state index is 13.2. The van der Waals surface area contributed by atoms with Crippen LogP contribution in [0.15, 0.2) is 54.9 Å². The fourth-order valence-corrected chi connectivity index (χ4v) is 3.68. The number of fused-ring (bicyclic) bond motifs is 1. The summed E-state index contributed by atoms with van der Waals surface area (Å²) in [6.45, 7) is 2.88. The van der Waals surface area contributed by atoms with E-state index in [9.17, 15) is 4.79 Å². The topological polar surface area (TPSA) is 38.1 Å². The summed E-state index contributed by atoms with van der Waals surface area (Å²) in [5.74, 6) is 0.636. The zero-order chi connectivity index (χ0) is 17.4. The number of hydrogen-bond donors (Lipinski definition) is 0. The minimum Gasteiger partial charge on any atom is -0.312 e. The SMILES string of the molecule is CCCN(C(=O)C1CC1c1cnn(C)c1)c1cccc2ccccc12. The lowest BCUT2D eigenvalue weighted by atomic mass is 10.1. The Morgan fingerprint density at radius 2 is 2.04 bits per heavy atom. The summed E-state index contributed by atoms with van der Waals surface area (Å²) in [5, 5.41) is 6.56. The van der Waals surface area contributed by atoms with Gasteiger partial charge < -0.3 is 4.90 Å². The van der Waals surface area contributed by atoms with Crippen molar-refractivity contribution in [2.45, 2.75) is 25.7 Å². The number of nitrogens with zero attached hydrogens (tertiary/aromatic N) is 3. The summed E-state index contributed by atoms with van der Waals surface area (Å²) in [4.78, 5) is 15.2. The molecule has 1 aliphatic carbocycles. The Bertz CT molecular complexity index is 909. The number of aromatic nitrogens is 2. The first-order valence-corrected chi connectivity index (χ1v) is 8.96. The number of carbonyl (C=O) groups excluding carboxylic acids is 1. The standard InChI is InChI=1S/C21H23N3O/c1-3-11-24(20-10-6-8-15-7-4-5-9-17(15)20)21(25)19-12-18(19)16-13-22-23(2)14-16/h4-10,13-14,18-19H,3,11-12H2,1-2H3. The first-order valence-electron chi connectivity index (χ1n) is 8.96. The normalized spacial score (nSPS) is 19.1. The number of anilines is 1. The molecule has 1 fully saturated rings. The number of amides is 1. The minimum atomic E-state index is 0.0784. The van der Waals surface area contributed by atoms with E-state index < -0.39 is 0 Å². The smallest absolute Gasteiger partial charge is 0.230 e. The van der Waals surface area contributed by atoms with E-state index in [2.05, 4.69) is 36.3 Å². The molecule has 2 atom stereocenters. The highest BCUT2D eigenvalue weighted by Gasteiger charge is 2.46. The van der Waals surface area contributed by atoms with Gasteiger partial charge in [0.2, 0.25) is 5.91 Å². The molecular formula is C21H23N3O. The Balaban J connectivity index is 1.64. The Morgan fingerprint density at radius 1 is 1.24 bits per heavy atom. The van der Waals surface area contributed by atoms with Gasteiger partial charge in [0, 0.05) is 31.1 Å². The number of hydrogen-bond acceptors (Lipinski definition) is 2. The Labute approximate surface area is 148 Å². The fourth-order valence-electron chi connectivity index (χ4n) is 3.68. The summed E-state index contributed by atoms with van der Waals surface area (Å²) >= 11 is 0. The molecule has 0 N–H and O–H groups in total. The molecule has 128 valence electrons. The molecular weight excluding hydrogens is 310 g/mol. The number of benzene rings is 2. The number of rotatable bonds is 5. The Morgan fingerprint density at radius 3 is 2.80 bits per heavy atom. The van der Waals surface area contributed by atoms with E-state index in [0.717, 1.165) is 30.5 Å². The number of aryl methyl sites for hydroxylation is 1. The summed E-state index contributed by atoms with van der Waals surface area (Å²) in [7, 11) is 1.92. The molecule has 1 amide bonds. The summed E-state index contributed by atoms with van der Waals surface area (Å²) < 4.78 is 1.81. The van der Waals surface area contributed by atoms with E-state index in [1.807, 2.05) is 47.2 Å². The second-order valence-electron chi connectivity index (χ2n) is 6.88. The third kappa shape index (κ3) is 2.93. The molecule has 0 saturated heterocycles. The highest BCUT2D eigenvalue weighted by Crippen LogP contribution is 2.49. The van der Waals surface area contributed by atoms with Gasteiger partial charge in [-0.25, -0.2) is 0 Å². The maximum Gasteiger partial charge on any atom is 0.230 e. The Kier molecular flexibility index (Phi) is 4.04. The quantitative estimate of drug-likeness (QED) is 0.704. The van der Waals surface area contributed by atoms with Gasteiger partial charge in [0.05, 0.1) is 11.9 Å². The lowest BCUT2D eigenvalue weighted by Crippen LogP contribution is -2.33. The van der Waals surface area contributed by atoms with Crippen molar-refractivity contribution in [3.63, 3.8) is 0 Å². The maximum absolute atomic E-state index is 13.2. The second-order valence-corrected chi connectivity index (χ2v) is 6.88. The molecule has 0 radical (unpaired) electrons. The van der Waals surface area contributed by atoms with Gasteiger partial charge in [0.1, 0.15) is 0 Å². The molecule has 1 aliphatic rings. The lowest BCUT2D eigenvalue weighted by Gasteiger charge is -2.24. The van der Waals surface area contributed by atoms with Gasteiger partial charge >= 0.3 is 0 Å².